The minimum atomic E-state index is -0.444. The van der Waals surface area contributed by atoms with Crippen molar-refractivity contribution in [2.24, 2.45) is 7.05 Å². The van der Waals surface area contributed by atoms with Crippen molar-refractivity contribution in [1.29, 1.82) is 0 Å². The number of benzene rings is 1. The highest BCUT2D eigenvalue weighted by molar-refractivity contribution is 6.31. The van der Waals surface area contributed by atoms with Crippen LogP contribution in [0.2, 0.25) is 5.02 Å². The summed E-state index contributed by atoms with van der Waals surface area (Å²) in [5.41, 5.74) is 1.35. The van der Waals surface area contributed by atoms with Crippen molar-refractivity contribution in [3.05, 3.63) is 28.8 Å². The van der Waals surface area contributed by atoms with Crippen LogP contribution in [-0.4, -0.2) is 9.55 Å². The van der Waals surface area contributed by atoms with Gasteiger partial charge in [0.1, 0.15) is 11.6 Å². The molecule has 0 spiro atoms. The fraction of sp³-hybridized carbons (Fsp3) is 0.300. The number of nitrogens with zero attached hydrogens (tertiary/aromatic N) is 2. The van der Waals surface area contributed by atoms with Crippen LogP contribution in [0.25, 0.3) is 11.0 Å². The Morgan fingerprint density at radius 1 is 1.47 bits per heavy atom. The van der Waals surface area contributed by atoms with Crippen molar-refractivity contribution in [3.63, 3.8) is 0 Å². The van der Waals surface area contributed by atoms with Gasteiger partial charge in [0.05, 0.1) is 21.4 Å². The van der Waals surface area contributed by atoms with Crippen molar-refractivity contribution in [2.45, 2.75) is 12.3 Å². The first-order chi connectivity index (χ1) is 7.00. The molecule has 1 unspecified atom stereocenters. The van der Waals surface area contributed by atoms with Crippen LogP contribution < -0.4 is 0 Å². The standard InChI is InChI=1S/C10H9Cl2FN2/c1-5(11)10-14-8-3-6(12)7(13)4-9(8)15(10)2/h3-5H,1-2H3. The molecule has 5 heteroatoms. The zero-order chi connectivity index (χ0) is 11.2. The predicted octanol–water partition coefficient (Wildman–Crippen LogP) is 3.67. The molecule has 0 aliphatic heterocycles. The van der Waals surface area contributed by atoms with Gasteiger partial charge >= 0.3 is 0 Å². The number of fused-ring (bicyclic) bond motifs is 1. The Balaban J connectivity index is 2.77. The number of rotatable bonds is 1. The number of aromatic nitrogens is 2. The minimum absolute atomic E-state index is 0.0781. The van der Waals surface area contributed by atoms with Gasteiger partial charge in [-0.15, -0.1) is 11.6 Å². The zero-order valence-electron chi connectivity index (χ0n) is 8.26. The molecule has 0 N–H and O–H groups in total. The van der Waals surface area contributed by atoms with Crippen molar-refractivity contribution in [2.75, 3.05) is 0 Å². The third kappa shape index (κ3) is 1.70. The number of alkyl halides is 1. The molecule has 0 aliphatic carbocycles. The van der Waals surface area contributed by atoms with Gasteiger partial charge in [0.25, 0.3) is 0 Å². The largest absolute Gasteiger partial charge is 0.330 e. The van der Waals surface area contributed by atoms with E-state index in [-0.39, 0.29) is 10.4 Å². The first kappa shape index (κ1) is 10.7. The van der Waals surface area contributed by atoms with E-state index < -0.39 is 5.82 Å². The Labute approximate surface area is 96.6 Å². The lowest BCUT2D eigenvalue weighted by atomic mass is 10.3. The molecule has 0 saturated heterocycles. The Hall–Kier alpha value is -0.800. The number of hydrogen-bond acceptors (Lipinski definition) is 1. The molecule has 2 rings (SSSR count). The van der Waals surface area contributed by atoms with Gasteiger partial charge < -0.3 is 4.57 Å². The molecule has 1 atom stereocenters. The van der Waals surface area contributed by atoms with Gasteiger partial charge in [-0.25, -0.2) is 9.37 Å². The molecule has 15 heavy (non-hydrogen) atoms. The van der Waals surface area contributed by atoms with Gasteiger partial charge in [0.2, 0.25) is 0 Å². The van der Waals surface area contributed by atoms with E-state index in [1.54, 1.807) is 11.6 Å². The quantitative estimate of drug-likeness (QED) is 0.703. The van der Waals surface area contributed by atoms with Gasteiger partial charge in [-0.2, -0.15) is 0 Å². The molecule has 1 aromatic heterocycles. The van der Waals surface area contributed by atoms with E-state index in [4.69, 9.17) is 23.2 Å². The summed E-state index contributed by atoms with van der Waals surface area (Å²) in [6.07, 6.45) is 0. The van der Waals surface area contributed by atoms with Gasteiger partial charge in [-0.1, -0.05) is 11.6 Å². The highest BCUT2D eigenvalue weighted by Gasteiger charge is 2.14. The van der Waals surface area contributed by atoms with E-state index in [1.807, 2.05) is 6.92 Å². The second kappa shape index (κ2) is 3.65. The molecule has 1 aromatic carbocycles. The highest BCUT2D eigenvalue weighted by atomic mass is 35.5. The summed E-state index contributed by atoms with van der Waals surface area (Å²) < 4.78 is 15.0. The van der Waals surface area contributed by atoms with Gasteiger partial charge in [-0.05, 0) is 13.0 Å². The van der Waals surface area contributed by atoms with Crippen molar-refractivity contribution in [1.82, 2.24) is 9.55 Å². The molecule has 0 saturated carbocycles. The molecular weight excluding hydrogens is 238 g/mol. The molecule has 0 aliphatic rings. The molecule has 2 aromatic rings. The molecule has 0 radical (unpaired) electrons. The van der Waals surface area contributed by atoms with Crippen LogP contribution in [0, 0.1) is 5.82 Å². The van der Waals surface area contributed by atoms with Crippen molar-refractivity contribution >= 4 is 34.2 Å². The number of imidazole rings is 1. The van der Waals surface area contributed by atoms with Crippen molar-refractivity contribution in [3.8, 4) is 0 Å². The molecule has 0 bridgehead atoms. The zero-order valence-corrected chi connectivity index (χ0v) is 9.77. The van der Waals surface area contributed by atoms with Crippen LogP contribution in [0.1, 0.15) is 18.1 Å². The summed E-state index contributed by atoms with van der Waals surface area (Å²) in [6, 6.07) is 2.88. The lowest BCUT2D eigenvalue weighted by Gasteiger charge is -2.02. The summed E-state index contributed by atoms with van der Waals surface area (Å²) in [4.78, 5) is 4.29. The average molecular weight is 247 g/mol. The molecular formula is C10H9Cl2FN2. The van der Waals surface area contributed by atoms with Crippen LogP contribution in [0.15, 0.2) is 12.1 Å². The molecule has 80 valence electrons. The predicted molar refractivity (Wildman–Crippen MR) is 60.0 cm³/mol. The summed E-state index contributed by atoms with van der Waals surface area (Å²) >= 11 is 11.6. The van der Waals surface area contributed by atoms with E-state index in [9.17, 15) is 4.39 Å². The second-order valence-corrected chi connectivity index (χ2v) is 4.46. The van der Waals surface area contributed by atoms with Crippen LogP contribution >= 0.6 is 23.2 Å². The SMILES string of the molecule is CC(Cl)c1nc2cc(Cl)c(F)cc2n1C. The third-order valence-corrected chi connectivity index (χ3v) is 2.80. The number of hydrogen-bond donors (Lipinski definition) is 0. The van der Waals surface area contributed by atoms with E-state index in [1.165, 1.54) is 12.1 Å². The summed E-state index contributed by atoms with van der Waals surface area (Å²) in [5, 5.41) is -0.140. The van der Waals surface area contributed by atoms with Gasteiger partial charge in [0, 0.05) is 13.1 Å². The fourth-order valence-corrected chi connectivity index (χ4v) is 1.91. The smallest absolute Gasteiger partial charge is 0.144 e. The molecule has 1 heterocycles. The summed E-state index contributed by atoms with van der Waals surface area (Å²) in [7, 11) is 1.80. The topological polar surface area (TPSA) is 17.8 Å². The lowest BCUT2D eigenvalue weighted by Crippen LogP contribution is -1.97. The number of aryl methyl sites for hydroxylation is 1. The van der Waals surface area contributed by atoms with E-state index in [0.29, 0.717) is 16.9 Å². The van der Waals surface area contributed by atoms with Crippen LogP contribution in [-0.2, 0) is 7.05 Å². The first-order valence-electron chi connectivity index (χ1n) is 4.46. The van der Waals surface area contributed by atoms with Crippen molar-refractivity contribution < 1.29 is 4.39 Å². The molecule has 0 amide bonds. The highest BCUT2D eigenvalue weighted by Crippen LogP contribution is 2.26. The maximum atomic E-state index is 13.2. The maximum absolute atomic E-state index is 13.2. The van der Waals surface area contributed by atoms with Crippen LogP contribution in [0.4, 0.5) is 4.39 Å². The Kier molecular flexibility index (Phi) is 2.61. The van der Waals surface area contributed by atoms with Crippen LogP contribution in [0.3, 0.4) is 0 Å². The van der Waals surface area contributed by atoms with E-state index in [0.717, 1.165) is 0 Å². The average Bonchev–Trinajstić information content (AvgIpc) is 2.46. The third-order valence-electron chi connectivity index (χ3n) is 2.31. The number of halogens is 3. The van der Waals surface area contributed by atoms with Crippen LogP contribution in [0.5, 0.6) is 0 Å². The maximum Gasteiger partial charge on any atom is 0.144 e. The normalized spacial score (nSPS) is 13.4. The Morgan fingerprint density at radius 3 is 2.73 bits per heavy atom. The Morgan fingerprint density at radius 2 is 2.13 bits per heavy atom. The monoisotopic (exact) mass is 246 g/mol. The summed E-state index contributed by atoms with van der Waals surface area (Å²) in [5.74, 6) is 0.259. The van der Waals surface area contributed by atoms with Gasteiger partial charge in [-0.3, -0.25) is 0 Å². The second-order valence-electron chi connectivity index (χ2n) is 3.40. The minimum Gasteiger partial charge on any atom is -0.330 e. The molecule has 0 fully saturated rings. The lowest BCUT2D eigenvalue weighted by molar-refractivity contribution is 0.629. The Bertz CT molecular complexity index is 520. The first-order valence-corrected chi connectivity index (χ1v) is 5.27. The molecule has 2 nitrogen and oxygen atoms in total. The van der Waals surface area contributed by atoms with Gasteiger partial charge in [0.15, 0.2) is 0 Å². The van der Waals surface area contributed by atoms with E-state index >= 15 is 0 Å². The fourth-order valence-electron chi connectivity index (χ4n) is 1.56. The summed E-state index contributed by atoms with van der Waals surface area (Å²) in [6.45, 7) is 1.82. The van der Waals surface area contributed by atoms with E-state index in [2.05, 4.69) is 4.98 Å².